The van der Waals surface area contributed by atoms with Crippen LogP contribution in [-0.2, 0) is 13.1 Å². The molecule has 0 unspecified atom stereocenters. The van der Waals surface area contributed by atoms with Gasteiger partial charge in [0.25, 0.3) is 0 Å². The molecule has 7 nitrogen and oxygen atoms in total. The number of nitrogens with zero attached hydrogens (tertiary/aromatic N) is 3. The van der Waals surface area contributed by atoms with Crippen LogP contribution in [0.15, 0.2) is 30.6 Å². The Morgan fingerprint density at radius 1 is 1.11 bits per heavy atom. The number of rotatable bonds is 8. The molecule has 1 heterocycles. The molecule has 1 aromatic heterocycles. The summed E-state index contributed by atoms with van der Waals surface area (Å²) in [6.45, 7) is 1.34. The monoisotopic (exact) mass is 385 g/mol. The van der Waals surface area contributed by atoms with Crippen LogP contribution in [0.1, 0.15) is 53.8 Å². The van der Waals surface area contributed by atoms with Crippen LogP contribution in [0.5, 0.6) is 11.5 Å². The van der Waals surface area contributed by atoms with E-state index in [0.29, 0.717) is 12.6 Å². The van der Waals surface area contributed by atoms with E-state index in [1.807, 2.05) is 18.2 Å². The molecule has 2 aromatic rings. The molecule has 150 valence electrons. The summed E-state index contributed by atoms with van der Waals surface area (Å²) >= 11 is 0. The molecule has 3 rings (SSSR count). The van der Waals surface area contributed by atoms with Crippen LogP contribution >= 0.6 is 0 Å². The minimum absolute atomic E-state index is 0.0372. The number of hydrogen-bond acceptors (Lipinski definition) is 6. The number of carboxylic acids is 1. The van der Waals surface area contributed by atoms with Crippen LogP contribution in [0.2, 0.25) is 0 Å². The van der Waals surface area contributed by atoms with Crippen molar-refractivity contribution in [2.24, 2.45) is 0 Å². The molecule has 0 aliphatic heterocycles. The first kappa shape index (κ1) is 20.1. The fourth-order valence-corrected chi connectivity index (χ4v) is 3.72. The summed E-state index contributed by atoms with van der Waals surface area (Å²) in [7, 11) is 3.31. The summed E-state index contributed by atoms with van der Waals surface area (Å²) in [6.07, 6.45) is 8.92. The predicted octanol–water partition coefficient (Wildman–Crippen LogP) is 3.53. The number of benzene rings is 1. The molecule has 0 radical (unpaired) electrons. The third kappa shape index (κ3) is 4.98. The van der Waals surface area contributed by atoms with Gasteiger partial charge in [-0.15, -0.1) is 0 Å². The van der Waals surface area contributed by atoms with Crippen LogP contribution in [0.25, 0.3) is 0 Å². The van der Waals surface area contributed by atoms with E-state index >= 15 is 0 Å². The summed E-state index contributed by atoms with van der Waals surface area (Å²) in [6, 6.07) is 6.34. The zero-order chi connectivity index (χ0) is 19.9. The fraction of sp³-hybridized carbons (Fsp3) is 0.476. The van der Waals surface area contributed by atoms with Crippen molar-refractivity contribution in [1.29, 1.82) is 0 Å². The molecule has 1 fully saturated rings. The van der Waals surface area contributed by atoms with Gasteiger partial charge in [-0.05, 0) is 18.9 Å². The Morgan fingerprint density at radius 2 is 1.89 bits per heavy atom. The van der Waals surface area contributed by atoms with Crippen LogP contribution in [-0.4, -0.2) is 46.2 Å². The van der Waals surface area contributed by atoms with Crippen molar-refractivity contribution in [3.63, 3.8) is 0 Å². The lowest BCUT2D eigenvalue weighted by Gasteiger charge is -2.34. The highest BCUT2D eigenvalue weighted by atomic mass is 16.5. The number of ether oxygens (including phenoxy) is 2. The molecule has 1 N–H and O–H groups in total. The van der Waals surface area contributed by atoms with Crippen molar-refractivity contribution in [3.05, 3.63) is 47.5 Å². The molecular formula is C21H27N3O4. The van der Waals surface area contributed by atoms with Crippen molar-refractivity contribution in [1.82, 2.24) is 14.9 Å². The second-order valence-corrected chi connectivity index (χ2v) is 7.07. The number of carbonyl (C=O) groups is 1. The normalized spacial score (nSPS) is 14.8. The molecule has 0 atom stereocenters. The van der Waals surface area contributed by atoms with E-state index in [9.17, 15) is 4.79 Å². The lowest BCUT2D eigenvalue weighted by molar-refractivity contribution is 0.0689. The van der Waals surface area contributed by atoms with Crippen molar-refractivity contribution < 1.29 is 19.4 Å². The first-order valence-electron chi connectivity index (χ1n) is 9.60. The topological polar surface area (TPSA) is 84.8 Å². The van der Waals surface area contributed by atoms with Gasteiger partial charge in [-0.25, -0.2) is 9.78 Å². The zero-order valence-electron chi connectivity index (χ0n) is 16.4. The molecule has 1 aliphatic rings. The minimum Gasteiger partial charge on any atom is -0.497 e. The van der Waals surface area contributed by atoms with E-state index in [0.717, 1.165) is 42.1 Å². The number of aromatic nitrogens is 2. The average molecular weight is 385 g/mol. The average Bonchev–Trinajstić information content (AvgIpc) is 2.74. The van der Waals surface area contributed by atoms with Gasteiger partial charge in [-0.1, -0.05) is 25.3 Å². The molecule has 1 aliphatic carbocycles. The predicted molar refractivity (Wildman–Crippen MR) is 105 cm³/mol. The highest BCUT2D eigenvalue weighted by Gasteiger charge is 2.23. The number of carboxylic acid groups (broad SMARTS) is 1. The van der Waals surface area contributed by atoms with Gasteiger partial charge in [-0.3, -0.25) is 9.88 Å². The molecule has 0 spiro atoms. The van der Waals surface area contributed by atoms with Gasteiger partial charge < -0.3 is 14.6 Å². The van der Waals surface area contributed by atoms with Gasteiger partial charge in [0.1, 0.15) is 11.5 Å². The van der Waals surface area contributed by atoms with Gasteiger partial charge in [0, 0.05) is 30.8 Å². The Bertz CT molecular complexity index is 789. The lowest BCUT2D eigenvalue weighted by atomic mass is 9.93. The Kier molecular flexibility index (Phi) is 6.81. The molecule has 28 heavy (non-hydrogen) atoms. The Balaban J connectivity index is 1.81. The van der Waals surface area contributed by atoms with E-state index in [4.69, 9.17) is 14.6 Å². The zero-order valence-corrected chi connectivity index (χ0v) is 16.4. The summed E-state index contributed by atoms with van der Waals surface area (Å²) in [5, 5.41) is 9.02. The molecule has 0 saturated heterocycles. The third-order valence-corrected chi connectivity index (χ3v) is 5.25. The Labute approximate surface area is 165 Å². The quantitative estimate of drug-likeness (QED) is 0.744. The smallest absolute Gasteiger partial charge is 0.356 e. The van der Waals surface area contributed by atoms with Crippen LogP contribution in [0.3, 0.4) is 0 Å². The van der Waals surface area contributed by atoms with E-state index in [2.05, 4.69) is 14.9 Å². The van der Waals surface area contributed by atoms with Crippen LogP contribution < -0.4 is 9.47 Å². The van der Waals surface area contributed by atoms with Gasteiger partial charge >= 0.3 is 5.97 Å². The maximum atomic E-state index is 11.0. The van der Waals surface area contributed by atoms with E-state index < -0.39 is 5.97 Å². The minimum atomic E-state index is -1.06. The van der Waals surface area contributed by atoms with Crippen LogP contribution in [0, 0.1) is 0 Å². The lowest BCUT2D eigenvalue weighted by Crippen LogP contribution is -2.36. The second kappa shape index (κ2) is 9.50. The number of hydrogen-bond donors (Lipinski definition) is 1. The van der Waals surface area contributed by atoms with Gasteiger partial charge in [0.05, 0.1) is 32.3 Å². The fourth-order valence-electron chi connectivity index (χ4n) is 3.72. The summed E-state index contributed by atoms with van der Waals surface area (Å²) < 4.78 is 10.9. The Hall–Kier alpha value is -2.67. The molecule has 0 bridgehead atoms. The van der Waals surface area contributed by atoms with Crippen molar-refractivity contribution in [3.8, 4) is 11.5 Å². The highest BCUT2D eigenvalue weighted by molar-refractivity contribution is 5.84. The first-order valence-corrected chi connectivity index (χ1v) is 9.60. The van der Waals surface area contributed by atoms with Crippen LogP contribution in [0.4, 0.5) is 0 Å². The number of aromatic carboxylic acids is 1. The van der Waals surface area contributed by atoms with Gasteiger partial charge in [0.15, 0.2) is 5.69 Å². The maximum absolute atomic E-state index is 11.0. The van der Waals surface area contributed by atoms with E-state index in [-0.39, 0.29) is 5.69 Å². The standard InChI is InChI=1S/C21H27N3O4/c1-27-18-9-8-15(20(10-18)28-2)13-24(17-6-4-3-5-7-17)14-16-11-23-19(12-22-16)21(25)26/h8-12,17H,3-7,13-14H2,1-2H3,(H,25,26). The highest BCUT2D eigenvalue weighted by Crippen LogP contribution is 2.30. The van der Waals surface area contributed by atoms with Crippen molar-refractivity contribution in [2.75, 3.05) is 14.2 Å². The molecule has 1 aromatic carbocycles. The first-order chi connectivity index (χ1) is 13.6. The molecule has 7 heteroatoms. The molecular weight excluding hydrogens is 358 g/mol. The summed E-state index contributed by atoms with van der Waals surface area (Å²) in [5.74, 6) is 0.499. The summed E-state index contributed by atoms with van der Waals surface area (Å²) in [5.41, 5.74) is 1.82. The largest absolute Gasteiger partial charge is 0.497 e. The van der Waals surface area contributed by atoms with Gasteiger partial charge in [-0.2, -0.15) is 0 Å². The maximum Gasteiger partial charge on any atom is 0.356 e. The van der Waals surface area contributed by atoms with E-state index in [1.165, 1.54) is 25.5 Å². The second-order valence-electron chi connectivity index (χ2n) is 7.07. The van der Waals surface area contributed by atoms with Gasteiger partial charge in [0.2, 0.25) is 0 Å². The Morgan fingerprint density at radius 3 is 2.50 bits per heavy atom. The number of methoxy groups -OCH3 is 2. The molecule has 0 amide bonds. The summed E-state index contributed by atoms with van der Waals surface area (Å²) in [4.78, 5) is 21.7. The van der Waals surface area contributed by atoms with Crippen molar-refractivity contribution >= 4 is 5.97 Å². The SMILES string of the molecule is COc1ccc(CN(Cc2cnc(C(=O)O)cn2)C2CCCCC2)c(OC)c1. The van der Waals surface area contributed by atoms with E-state index in [1.54, 1.807) is 20.4 Å². The third-order valence-electron chi connectivity index (χ3n) is 5.25. The van der Waals surface area contributed by atoms with Crippen molar-refractivity contribution in [2.45, 2.75) is 51.2 Å². The molecule has 1 saturated carbocycles.